The molecule has 8 N–H and O–H groups in total. The molecule has 0 aliphatic rings. The Kier molecular flexibility index (Phi) is 15.2. The van der Waals surface area contributed by atoms with E-state index < -0.39 is 11.8 Å². The van der Waals surface area contributed by atoms with Crippen LogP contribution in [0.5, 0.6) is 23.0 Å². The largest absolute Gasteiger partial charge is 0.493 e. The molecule has 4 aromatic carbocycles. The Morgan fingerprint density at radius 3 is 1.56 bits per heavy atom. The Morgan fingerprint density at radius 1 is 0.661 bits per heavy atom. The molecule has 0 fully saturated rings. The van der Waals surface area contributed by atoms with Crippen molar-refractivity contribution < 1.29 is 28.5 Å². The maximum absolute atomic E-state index is 12.1. The lowest BCUT2D eigenvalue weighted by Crippen LogP contribution is -2.16. The van der Waals surface area contributed by atoms with E-state index in [9.17, 15) is 9.59 Å². The molecule has 0 unspecified atom stereocenters. The van der Waals surface area contributed by atoms with Gasteiger partial charge in [0.25, 0.3) is 11.8 Å². The van der Waals surface area contributed by atoms with Crippen molar-refractivity contribution in [1.82, 2.24) is 14.9 Å². The number of amides is 2. The average molecular weight is 803 g/mol. The number of para-hydroxylation sites is 2. The molecule has 0 spiro atoms. The van der Waals surface area contributed by atoms with Crippen LogP contribution in [0.3, 0.4) is 0 Å². The van der Waals surface area contributed by atoms with Crippen LogP contribution in [-0.2, 0) is 12.8 Å². The number of carbonyl (C=O) groups excluding carboxylic acids is 2. The predicted molar refractivity (Wildman–Crippen MR) is 235 cm³/mol. The summed E-state index contributed by atoms with van der Waals surface area (Å²) in [5, 5.41) is 8.22. The number of aromatic nitrogens is 2. The summed E-state index contributed by atoms with van der Waals surface area (Å²) in [7, 11) is 7.22. The zero-order chi connectivity index (χ0) is 42.5. The van der Waals surface area contributed by atoms with Crippen LogP contribution < -0.4 is 46.8 Å². The summed E-state index contributed by atoms with van der Waals surface area (Å²) in [5.41, 5.74) is 24.0. The van der Waals surface area contributed by atoms with Crippen molar-refractivity contribution in [2.45, 2.75) is 33.1 Å². The van der Waals surface area contributed by atoms with Gasteiger partial charge in [-0.05, 0) is 68.8 Å². The van der Waals surface area contributed by atoms with E-state index in [1.165, 1.54) is 12.4 Å². The van der Waals surface area contributed by atoms with Crippen molar-refractivity contribution in [3.05, 3.63) is 107 Å². The number of primary amides is 2. The lowest BCUT2D eigenvalue weighted by molar-refractivity contribution is 0.0992. The molecule has 6 aromatic rings. The number of pyridine rings is 2. The lowest BCUT2D eigenvalue weighted by Gasteiger charge is -2.18. The second kappa shape index (κ2) is 20.7. The first kappa shape index (κ1) is 43.5. The average Bonchev–Trinajstić information content (AvgIpc) is 3.24. The van der Waals surface area contributed by atoms with Crippen molar-refractivity contribution in [3.8, 4) is 23.0 Å². The van der Waals surface area contributed by atoms with Gasteiger partial charge in [-0.2, -0.15) is 0 Å². The normalized spacial score (nSPS) is 10.8. The fraction of sp³-hybridized carbons (Fsp3) is 0.289. The minimum absolute atomic E-state index is 0.299. The van der Waals surface area contributed by atoms with E-state index in [1.54, 1.807) is 26.4 Å². The van der Waals surface area contributed by atoms with Crippen LogP contribution in [0.4, 0.5) is 22.7 Å². The summed E-state index contributed by atoms with van der Waals surface area (Å²) in [4.78, 5) is 35.1. The molecule has 0 aliphatic carbocycles. The molecule has 2 amide bonds. The van der Waals surface area contributed by atoms with Crippen LogP contribution in [0.25, 0.3) is 21.8 Å². The van der Waals surface area contributed by atoms with Crippen molar-refractivity contribution in [2.24, 2.45) is 17.2 Å². The van der Waals surface area contributed by atoms with E-state index in [2.05, 4.69) is 45.4 Å². The van der Waals surface area contributed by atoms with Crippen LogP contribution in [0.2, 0.25) is 0 Å². The first-order valence-corrected chi connectivity index (χ1v) is 19.4. The number of hydrogen-bond donors (Lipinski definition) is 5. The maximum atomic E-state index is 12.1. The third-order valence-corrected chi connectivity index (χ3v) is 9.54. The molecule has 14 nitrogen and oxygen atoms in total. The van der Waals surface area contributed by atoms with Gasteiger partial charge in [0, 0.05) is 59.8 Å². The summed E-state index contributed by atoms with van der Waals surface area (Å²) in [6.07, 6.45) is 5.57. The smallest absolute Gasteiger partial charge is 0.252 e. The standard InChI is InChI=1S/C24H30N4O3.C21H24N4O3/c1-5-16-9-6-7-10-19(16)27-23-17-13-21(30-4)22(31-12-8-11-28(2)3)14-20(17)26-15-18(23)24(25)29;1-3-13-6-4-5-7-16(13)25-20-14-10-19(28-9-8-22)18(27-2)11-17(14)24-12-15(20)21(23)26/h6-7,9-10,13-15H,5,8,11-12H2,1-4H3,(H2,25,29)(H,26,27);4-7,10-12H,3,8-9,22H2,1-2H3,(H2,23,26)(H,24,25). The molecule has 6 rings (SSSR count). The minimum atomic E-state index is -0.564. The zero-order valence-corrected chi connectivity index (χ0v) is 34.6. The number of benzene rings is 4. The number of hydrogen-bond acceptors (Lipinski definition) is 12. The summed E-state index contributed by atoms with van der Waals surface area (Å²) >= 11 is 0. The molecular formula is C45H54N8O6. The molecule has 0 saturated carbocycles. The highest BCUT2D eigenvalue weighted by Gasteiger charge is 2.20. The number of ether oxygens (including phenoxy) is 4. The zero-order valence-electron chi connectivity index (χ0n) is 34.6. The van der Waals surface area contributed by atoms with Crippen LogP contribution in [-0.4, -0.2) is 81.3 Å². The molecule has 0 atom stereocenters. The van der Waals surface area contributed by atoms with Gasteiger partial charge in [-0.1, -0.05) is 50.2 Å². The number of nitrogens with two attached hydrogens (primary N) is 3. The predicted octanol–water partition coefficient (Wildman–Crippen LogP) is 6.96. The maximum Gasteiger partial charge on any atom is 0.252 e. The molecule has 0 radical (unpaired) electrons. The molecule has 310 valence electrons. The number of methoxy groups -OCH3 is 2. The van der Waals surface area contributed by atoms with Crippen molar-refractivity contribution in [2.75, 3.05) is 65.3 Å². The molecule has 2 aromatic heterocycles. The van der Waals surface area contributed by atoms with Gasteiger partial charge < -0.3 is 51.7 Å². The quantitative estimate of drug-likeness (QED) is 0.0560. The summed E-state index contributed by atoms with van der Waals surface area (Å²) in [6.45, 7) is 6.37. The first-order valence-electron chi connectivity index (χ1n) is 19.4. The van der Waals surface area contributed by atoms with Crippen molar-refractivity contribution in [3.63, 3.8) is 0 Å². The summed E-state index contributed by atoms with van der Waals surface area (Å²) in [5.74, 6) is 1.15. The van der Waals surface area contributed by atoms with Crippen LogP contribution in [0.15, 0.2) is 85.2 Å². The van der Waals surface area contributed by atoms with Gasteiger partial charge in [0.05, 0.1) is 54.4 Å². The Hall–Kier alpha value is -6.64. The van der Waals surface area contributed by atoms with E-state index in [0.717, 1.165) is 53.7 Å². The fourth-order valence-corrected chi connectivity index (χ4v) is 6.49. The molecule has 0 aliphatic heterocycles. The van der Waals surface area contributed by atoms with Gasteiger partial charge >= 0.3 is 0 Å². The van der Waals surface area contributed by atoms with E-state index in [0.29, 0.717) is 81.7 Å². The SMILES string of the molecule is CCc1ccccc1Nc1c(C(N)=O)cnc2cc(OC)c(OCCN)cc12.CCc1ccccc1Nc1c(C(N)=O)cnc2cc(OCCCN(C)C)c(OC)cc12. The highest BCUT2D eigenvalue weighted by molar-refractivity contribution is 6.09. The Labute approximate surface area is 345 Å². The molecule has 2 heterocycles. The third-order valence-electron chi connectivity index (χ3n) is 9.54. The number of fused-ring (bicyclic) bond motifs is 2. The number of carbonyl (C=O) groups is 2. The molecule has 0 bridgehead atoms. The van der Waals surface area contributed by atoms with E-state index in [1.807, 2.05) is 68.7 Å². The number of rotatable bonds is 18. The number of nitrogens with one attached hydrogen (secondary N) is 2. The Bertz CT molecular complexity index is 2400. The first-order chi connectivity index (χ1) is 28.5. The summed E-state index contributed by atoms with van der Waals surface area (Å²) in [6, 6.07) is 23.1. The van der Waals surface area contributed by atoms with Gasteiger partial charge in [-0.25, -0.2) is 0 Å². The second-order valence-corrected chi connectivity index (χ2v) is 13.8. The van der Waals surface area contributed by atoms with Gasteiger partial charge in [-0.15, -0.1) is 0 Å². The highest BCUT2D eigenvalue weighted by atomic mass is 16.5. The highest BCUT2D eigenvalue weighted by Crippen LogP contribution is 2.39. The van der Waals surface area contributed by atoms with Gasteiger partial charge in [0.2, 0.25) is 0 Å². The molecule has 0 saturated heterocycles. The van der Waals surface area contributed by atoms with Gasteiger partial charge in [0.15, 0.2) is 23.0 Å². The van der Waals surface area contributed by atoms with Crippen molar-refractivity contribution >= 4 is 56.4 Å². The van der Waals surface area contributed by atoms with E-state index in [4.69, 9.17) is 36.1 Å². The van der Waals surface area contributed by atoms with Crippen LogP contribution in [0, 0.1) is 0 Å². The summed E-state index contributed by atoms with van der Waals surface area (Å²) < 4.78 is 22.6. The van der Waals surface area contributed by atoms with E-state index >= 15 is 0 Å². The molecule has 14 heteroatoms. The Balaban J connectivity index is 0.000000225. The number of nitrogens with zero attached hydrogens (tertiary/aromatic N) is 3. The topological polar surface area (TPSA) is 202 Å². The van der Waals surface area contributed by atoms with Gasteiger partial charge in [-0.3, -0.25) is 19.6 Å². The van der Waals surface area contributed by atoms with Gasteiger partial charge in [0.1, 0.15) is 6.61 Å². The Morgan fingerprint density at radius 2 is 1.10 bits per heavy atom. The number of anilines is 4. The van der Waals surface area contributed by atoms with Crippen molar-refractivity contribution in [1.29, 1.82) is 0 Å². The lowest BCUT2D eigenvalue weighted by atomic mass is 10.1. The molecule has 59 heavy (non-hydrogen) atoms. The molecular weight excluding hydrogens is 749 g/mol. The van der Waals surface area contributed by atoms with Crippen LogP contribution >= 0.6 is 0 Å². The monoisotopic (exact) mass is 802 g/mol. The second-order valence-electron chi connectivity index (χ2n) is 13.8. The third kappa shape index (κ3) is 10.7. The van der Waals surface area contributed by atoms with Crippen LogP contribution in [0.1, 0.15) is 52.1 Å². The number of aryl methyl sites for hydroxylation is 2. The fourth-order valence-electron chi connectivity index (χ4n) is 6.49. The van der Waals surface area contributed by atoms with E-state index in [-0.39, 0.29) is 0 Å². The minimum Gasteiger partial charge on any atom is -0.493 e.